The fraction of sp³-hybridized carbons (Fsp3) is 0.239. The molecular formula is C46H45N3O7. The van der Waals surface area contributed by atoms with Crippen molar-refractivity contribution in [2.24, 2.45) is 0 Å². The molecule has 10 heteroatoms. The van der Waals surface area contributed by atoms with Crippen LogP contribution in [0.1, 0.15) is 38.7 Å². The molecule has 0 unspecified atom stereocenters. The average molecular weight is 752 g/mol. The third-order valence-corrected chi connectivity index (χ3v) is 9.59. The Morgan fingerprint density at radius 2 is 1.07 bits per heavy atom. The van der Waals surface area contributed by atoms with Crippen molar-refractivity contribution in [3.63, 3.8) is 0 Å². The van der Waals surface area contributed by atoms with Crippen LogP contribution in [-0.2, 0) is 50.1 Å². The van der Waals surface area contributed by atoms with E-state index < -0.39 is 36.1 Å². The molecule has 1 saturated heterocycles. The van der Waals surface area contributed by atoms with Gasteiger partial charge in [0, 0.05) is 11.8 Å². The van der Waals surface area contributed by atoms with Crippen LogP contribution in [-0.4, -0.2) is 53.1 Å². The topological polar surface area (TPSA) is 110 Å². The first-order valence-corrected chi connectivity index (χ1v) is 18.8. The molecule has 1 N–H and O–H groups in total. The summed E-state index contributed by atoms with van der Waals surface area (Å²) in [7, 11) is 0. The zero-order valence-corrected chi connectivity index (χ0v) is 31.0. The molecule has 0 radical (unpaired) electrons. The number of anilines is 1. The van der Waals surface area contributed by atoms with Crippen molar-refractivity contribution in [1.29, 1.82) is 0 Å². The molecule has 1 aliphatic rings. The van der Waals surface area contributed by atoms with Gasteiger partial charge in [-0.05, 0) is 40.5 Å². The summed E-state index contributed by atoms with van der Waals surface area (Å²) >= 11 is 0. The molecule has 5 aromatic carbocycles. The number of nitrogens with one attached hydrogen (secondary N) is 1. The molecule has 1 aliphatic heterocycles. The summed E-state index contributed by atoms with van der Waals surface area (Å²) in [5.74, 6) is -0.243. The minimum absolute atomic E-state index is 0.0620. The van der Waals surface area contributed by atoms with Crippen molar-refractivity contribution in [3.8, 4) is 0 Å². The third kappa shape index (κ3) is 10.5. The Bertz CT molecular complexity index is 2140. The lowest BCUT2D eigenvalue weighted by molar-refractivity contribution is -0.180. The second-order valence-corrected chi connectivity index (χ2v) is 13.5. The minimum Gasteiger partial charge on any atom is -0.374 e. The van der Waals surface area contributed by atoms with Crippen LogP contribution in [0.4, 0.5) is 5.82 Å². The Labute approximate surface area is 326 Å². The molecule has 56 heavy (non-hydrogen) atoms. The summed E-state index contributed by atoms with van der Waals surface area (Å²) in [5.41, 5.74) is 3.79. The highest BCUT2D eigenvalue weighted by atomic mass is 16.6. The highest BCUT2D eigenvalue weighted by Crippen LogP contribution is 2.32. The van der Waals surface area contributed by atoms with Crippen molar-refractivity contribution in [3.05, 3.63) is 202 Å². The maximum Gasteiger partial charge on any atom is 0.349 e. The van der Waals surface area contributed by atoms with Crippen LogP contribution in [0.3, 0.4) is 0 Å². The maximum atomic E-state index is 14.0. The number of carbonyl (C=O) groups excluding carboxylic acids is 1. The van der Waals surface area contributed by atoms with Crippen LogP contribution in [0, 0.1) is 0 Å². The molecule has 7 rings (SSSR count). The first-order chi connectivity index (χ1) is 27.6. The molecule has 0 aliphatic carbocycles. The number of ether oxygens (including phenoxy) is 5. The van der Waals surface area contributed by atoms with E-state index >= 15 is 0 Å². The summed E-state index contributed by atoms with van der Waals surface area (Å²) in [6, 6.07) is 49.3. The SMILES string of the molecule is O=C(Nc1ccn([C@@H]2CO[C@H](COCc3ccccc3)[C@H](OCc3ccccc3)[C@H](OCc3ccccc3)[C@H]2OCc2ccccc2)c(=O)n1)c1ccccc1. The fourth-order valence-corrected chi connectivity index (χ4v) is 6.69. The van der Waals surface area contributed by atoms with Crippen LogP contribution in [0.5, 0.6) is 0 Å². The van der Waals surface area contributed by atoms with E-state index in [-0.39, 0.29) is 44.8 Å². The van der Waals surface area contributed by atoms with Gasteiger partial charge in [-0.2, -0.15) is 4.98 Å². The van der Waals surface area contributed by atoms with Crippen LogP contribution < -0.4 is 11.0 Å². The normalized spacial score (nSPS) is 19.5. The van der Waals surface area contributed by atoms with Crippen molar-refractivity contribution < 1.29 is 28.5 Å². The smallest absolute Gasteiger partial charge is 0.349 e. The Morgan fingerprint density at radius 1 is 0.607 bits per heavy atom. The monoisotopic (exact) mass is 751 g/mol. The molecule has 1 fully saturated rings. The van der Waals surface area contributed by atoms with Gasteiger partial charge in [-0.15, -0.1) is 0 Å². The summed E-state index contributed by atoms with van der Waals surface area (Å²) in [6.07, 6.45) is -1.19. The minimum atomic E-state index is -0.761. The lowest BCUT2D eigenvalue weighted by Gasteiger charge is -2.36. The fourth-order valence-electron chi connectivity index (χ4n) is 6.69. The summed E-state index contributed by atoms with van der Waals surface area (Å²) in [5, 5.41) is 2.74. The summed E-state index contributed by atoms with van der Waals surface area (Å²) < 4.78 is 35.0. The number of carbonyl (C=O) groups is 1. The van der Waals surface area contributed by atoms with Crippen LogP contribution >= 0.6 is 0 Å². The standard InChI is InChI=1S/C46H45N3O7/c50-45(38-24-14-5-15-25-38)47-41-26-27-49(46(51)48-41)39-32-53-40(33-52-28-34-16-6-1-7-17-34)43(55-30-36-20-10-3-11-21-36)44(56-31-37-22-12-4-13-23-37)42(39)54-29-35-18-8-2-9-19-35/h1-27,39-40,42-44H,28-33H2,(H,47,48,50,51)/t39-,40-,42+,43+,44-/m1/s1. The van der Waals surface area contributed by atoms with E-state index in [1.165, 1.54) is 4.57 Å². The number of aromatic nitrogens is 2. The van der Waals surface area contributed by atoms with Crippen molar-refractivity contribution in [2.75, 3.05) is 18.5 Å². The predicted octanol–water partition coefficient (Wildman–Crippen LogP) is 7.41. The van der Waals surface area contributed by atoms with E-state index in [1.807, 2.05) is 127 Å². The Balaban J connectivity index is 1.25. The van der Waals surface area contributed by atoms with Gasteiger partial charge >= 0.3 is 5.69 Å². The van der Waals surface area contributed by atoms with Gasteiger partial charge in [-0.1, -0.05) is 140 Å². The molecule has 5 atom stereocenters. The number of hydrogen-bond acceptors (Lipinski definition) is 8. The van der Waals surface area contributed by atoms with E-state index in [9.17, 15) is 9.59 Å². The maximum absolute atomic E-state index is 14.0. The zero-order valence-electron chi connectivity index (χ0n) is 31.0. The highest BCUT2D eigenvalue weighted by molar-refractivity contribution is 6.03. The predicted molar refractivity (Wildman–Crippen MR) is 213 cm³/mol. The van der Waals surface area contributed by atoms with Crippen LogP contribution in [0.25, 0.3) is 0 Å². The van der Waals surface area contributed by atoms with Crippen molar-refractivity contribution >= 4 is 11.7 Å². The van der Waals surface area contributed by atoms with Gasteiger partial charge < -0.3 is 29.0 Å². The lowest BCUT2D eigenvalue weighted by atomic mass is 9.98. The first kappa shape index (κ1) is 38.5. The molecule has 1 aromatic heterocycles. The third-order valence-electron chi connectivity index (χ3n) is 9.59. The second kappa shape index (κ2) is 19.7. The van der Waals surface area contributed by atoms with Gasteiger partial charge in [0.2, 0.25) is 0 Å². The number of rotatable bonds is 16. The molecule has 0 bridgehead atoms. The summed E-state index contributed by atoms with van der Waals surface area (Å²) in [6.45, 7) is 1.40. The van der Waals surface area contributed by atoms with Gasteiger partial charge in [0.1, 0.15) is 30.2 Å². The van der Waals surface area contributed by atoms with Gasteiger partial charge in [-0.3, -0.25) is 9.36 Å². The van der Waals surface area contributed by atoms with E-state index in [0.717, 1.165) is 22.3 Å². The molecule has 0 spiro atoms. The number of benzene rings is 5. The second-order valence-electron chi connectivity index (χ2n) is 13.5. The number of amides is 1. The van der Waals surface area contributed by atoms with Crippen LogP contribution in [0.15, 0.2) is 169 Å². The van der Waals surface area contributed by atoms with Crippen LogP contribution in [0.2, 0.25) is 0 Å². The summed E-state index contributed by atoms with van der Waals surface area (Å²) in [4.78, 5) is 31.2. The van der Waals surface area contributed by atoms with E-state index in [2.05, 4.69) is 10.3 Å². The van der Waals surface area contributed by atoms with Gasteiger partial charge in [0.25, 0.3) is 5.91 Å². The lowest BCUT2D eigenvalue weighted by Crippen LogP contribution is -2.51. The number of nitrogens with zero attached hydrogens (tertiary/aromatic N) is 2. The van der Waals surface area contributed by atoms with Gasteiger partial charge in [0.05, 0.1) is 45.7 Å². The highest BCUT2D eigenvalue weighted by Gasteiger charge is 2.46. The van der Waals surface area contributed by atoms with Crippen molar-refractivity contribution in [1.82, 2.24) is 9.55 Å². The molecular weight excluding hydrogens is 707 g/mol. The number of hydrogen-bond donors (Lipinski definition) is 1. The van der Waals surface area contributed by atoms with E-state index in [0.29, 0.717) is 12.2 Å². The van der Waals surface area contributed by atoms with Gasteiger partial charge in [0.15, 0.2) is 0 Å². The molecule has 2 heterocycles. The molecule has 0 saturated carbocycles. The van der Waals surface area contributed by atoms with Gasteiger partial charge in [-0.25, -0.2) is 4.79 Å². The first-order valence-electron chi connectivity index (χ1n) is 18.8. The van der Waals surface area contributed by atoms with E-state index in [4.69, 9.17) is 23.7 Å². The average Bonchev–Trinajstić information content (AvgIpc) is 3.39. The molecule has 10 nitrogen and oxygen atoms in total. The Morgan fingerprint density at radius 3 is 1.59 bits per heavy atom. The largest absolute Gasteiger partial charge is 0.374 e. The molecule has 286 valence electrons. The van der Waals surface area contributed by atoms with E-state index in [1.54, 1.807) is 36.5 Å². The molecule has 1 amide bonds. The quantitative estimate of drug-likeness (QED) is 0.109. The Kier molecular flexibility index (Phi) is 13.6. The Hall–Kier alpha value is -5.75. The molecule has 6 aromatic rings. The zero-order chi connectivity index (χ0) is 38.4. The van der Waals surface area contributed by atoms with Crippen molar-refractivity contribution in [2.45, 2.75) is 56.9 Å².